The van der Waals surface area contributed by atoms with Crippen LogP contribution in [0.15, 0.2) is 115 Å². The molecule has 0 saturated carbocycles. The molecule has 0 amide bonds. The number of anilines is 3. The zero-order valence-corrected chi connectivity index (χ0v) is 22.2. The molecule has 0 radical (unpaired) electrons. The van der Waals surface area contributed by atoms with E-state index in [2.05, 4.69) is 59.5 Å². The van der Waals surface area contributed by atoms with Crippen LogP contribution in [0.2, 0.25) is 0 Å². The SMILES string of the molecule is CC1(C)c2ccc(-c3ccc(N(c4ccccc4)c4ccccc4)c4ccccc34)cc2C(C)(C)C1(F)F. The topological polar surface area (TPSA) is 3.24 Å². The second kappa shape index (κ2) is 8.52. The number of hydrogen-bond donors (Lipinski definition) is 0. The van der Waals surface area contributed by atoms with Crippen LogP contribution in [0.1, 0.15) is 38.8 Å². The molecule has 0 heterocycles. The predicted molar refractivity (Wildman–Crippen MR) is 155 cm³/mol. The van der Waals surface area contributed by atoms with E-state index < -0.39 is 16.8 Å². The van der Waals surface area contributed by atoms with E-state index in [1.165, 1.54) is 0 Å². The molecule has 3 heteroatoms. The molecule has 38 heavy (non-hydrogen) atoms. The summed E-state index contributed by atoms with van der Waals surface area (Å²) in [7, 11) is 0. The Morgan fingerprint density at radius 3 is 1.66 bits per heavy atom. The van der Waals surface area contributed by atoms with Crippen LogP contribution in [0.3, 0.4) is 0 Å². The minimum atomic E-state index is -2.85. The van der Waals surface area contributed by atoms with Crippen molar-refractivity contribution in [2.45, 2.75) is 44.4 Å². The van der Waals surface area contributed by atoms with Gasteiger partial charge in [-0.3, -0.25) is 0 Å². The number of rotatable bonds is 4. The van der Waals surface area contributed by atoms with Crippen LogP contribution < -0.4 is 4.90 Å². The van der Waals surface area contributed by atoms with Crippen LogP contribution in [0.4, 0.5) is 25.8 Å². The lowest BCUT2D eigenvalue weighted by atomic mass is 9.77. The Balaban J connectivity index is 1.56. The van der Waals surface area contributed by atoms with Crippen molar-refractivity contribution in [2.75, 3.05) is 4.90 Å². The highest BCUT2D eigenvalue weighted by molar-refractivity contribution is 6.06. The first-order valence-electron chi connectivity index (χ1n) is 13.1. The molecule has 0 N–H and O–H groups in total. The van der Waals surface area contributed by atoms with E-state index in [1.54, 1.807) is 27.7 Å². The number of benzene rings is 5. The molecule has 5 aromatic rings. The largest absolute Gasteiger partial charge is 0.310 e. The lowest BCUT2D eigenvalue weighted by molar-refractivity contribution is -0.105. The molecule has 0 spiro atoms. The van der Waals surface area contributed by atoms with Gasteiger partial charge in [-0.05, 0) is 85.7 Å². The molecule has 1 aliphatic carbocycles. The maximum atomic E-state index is 15.5. The fourth-order valence-corrected chi connectivity index (χ4v) is 6.20. The molecular weight excluding hydrogens is 472 g/mol. The molecule has 0 aliphatic heterocycles. The maximum Gasteiger partial charge on any atom is 0.266 e. The summed E-state index contributed by atoms with van der Waals surface area (Å²) >= 11 is 0. The van der Waals surface area contributed by atoms with Crippen molar-refractivity contribution in [3.05, 3.63) is 126 Å². The summed E-state index contributed by atoms with van der Waals surface area (Å²) in [5.41, 5.74) is 4.19. The van der Waals surface area contributed by atoms with Gasteiger partial charge in [0.05, 0.1) is 16.5 Å². The molecule has 1 aliphatic rings. The standard InChI is InChI=1S/C35H31F2N/c1-33(2)30-21-19-24(23-31(30)34(3,4)35(33,36)37)27-20-22-32(29-18-12-11-17-28(27)29)38(25-13-7-5-8-14-25)26-15-9-6-10-16-26/h5-23H,1-4H3. The van der Waals surface area contributed by atoms with Crippen molar-refractivity contribution in [1.29, 1.82) is 0 Å². The average Bonchev–Trinajstić information content (AvgIpc) is 3.04. The van der Waals surface area contributed by atoms with Gasteiger partial charge in [-0.15, -0.1) is 0 Å². The highest BCUT2D eigenvalue weighted by atomic mass is 19.3. The Kier molecular flexibility index (Phi) is 5.47. The molecule has 0 fully saturated rings. The highest BCUT2D eigenvalue weighted by Gasteiger charge is 2.65. The van der Waals surface area contributed by atoms with Gasteiger partial charge in [0.2, 0.25) is 0 Å². The van der Waals surface area contributed by atoms with E-state index in [4.69, 9.17) is 0 Å². The summed E-state index contributed by atoms with van der Waals surface area (Å²) in [5.74, 6) is -2.85. The van der Waals surface area contributed by atoms with E-state index in [1.807, 2.05) is 60.7 Å². The van der Waals surface area contributed by atoms with Crippen molar-refractivity contribution < 1.29 is 8.78 Å². The van der Waals surface area contributed by atoms with Crippen molar-refractivity contribution in [3.8, 4) is 11.1 Å². The van der Waals surface area contributed by atoms with Gasteiger partial charge < -0.3 is 4.90 Å². The van der Waals surface area contributed by atoms with E-state index in [9.17, 15) is 0 Å². The first-order valence-corrected chi connectivity index (χ1v) is 13.1. The first kappa shape index (κ1) is 24.4. The molecule has 0 aromatic heterocycles. The van der Waals surface area contributed by atoms with Crippen LogP contribution in [0.5, 0.6) is 0 Å². The quantitative estimate of drug-likeness (QED) is 0.236. The molecule has 0 atom stereocenters. The number of para-hydroxylation sites is 2. The molecular formula is C35H31F2N. The van der Waals surface area contributed by atoms with Gasteiger partial charge in [0.25, 0.3) is 5.92 Å². The Morgan fingerprint density at radius 1 is 0.526 bits per heavy atom. The van der Waals surface area contributed by atoms with Crippen LogP contribution in [-0.2, 0) is 10.8 Å². The van der Waals surface area contributed by atoms with Crippen molar-refractivity contribution in [2.24, 2.45) is 0 Å². The fourth-order valence-electron chi connectivity index (χ4n) is 6.20. The molecule has 0 bridgehead atoms. The van der Waals surface area contributed by atoms with Crippen LogP contribution in [0.25, 0.3) is 21.9 Å². The van der Waals surface area contributed by atoms with E-state index in [0.29, 0.717) is 0 Å². The average molecular weight is 504 g/mol. The minimum Gasteiger partial charge on any atom is -0.310 e. The van der Waals surface area contributed by atoms with Gasteiger partial charge in [0.1, 0.15) is 0 Å². The third kappa shape index (κ3) is 3.41. The first-order chi connectivity index (χ1) is 18.1. The zero-order valence-electron chi connectivity index (χ0n) is 22.2. The van der Waals surface area contributed by atoms with E-state index in [0.717, 1.165) is 50.1 Å². The third-order valence-electron chi connectivity index (χ3n) is 8.42. The van der Waals surface area contributed by atoms with E-state index in [-0.39, 0.29) is 0 Å². The highest BCUT2D eigenvalue weighted by Crippen LogP contribution is 2.60. The number of fused-ring (bicyclic) bond motifs is 2. The van der Waals surface area contributed by atoms with Crippen LogP contribution in [-0.4, -0.2) is 5.92 Å². The van der Waals surface area contributed by atoms with Crippen molar-refractivity contribution >= 4 is 27.8 Å². The van der Waals surface area contributed by atoms with Crippen LogP contribution >= 0.6 is 0 Å². The molecule has 190 valence electrons. The van der Waals surface area contributed by atoms with Gasteiger partial charge in [0, 0.05) is 16.8 Å². The smallest absolute Gasteiger partial charge is 0.266 e. The summed E-state index contributed by atoms with van der Waals surface area (Å²) in [4.78, 5) is 2.26. The Morgan fingerprint density at radius 2 is 1.05 bits per heavy atom. The minimum absolute atomic E-state index is 0.730. The van der Waals surface area contributed by atoms with Gasteiger partial charge >= 0.3 is 0 Å². The number of halogens is 2. The summed E-state index contributed by atoms with van der Waals surface area (Å²) in [6.45, 7) is 6.66. The Hall–Kier alpha value is -3.98. The van der Waals surface area contributed by atoms with Gasteiger partial charge in [0.15, 0.2) is 0 Å². The summed E-state index contributed by atoms with van der Waals surface area (Å²) < 4.78 is 31.1. The molecule has 0 unspecified atom stereocenters. The predicted octanol–water partition coefficient (Wildman–Crippen LogP) is 10.2. The molecule has 5 aromatic carbocycles. The Bertz CT molecular complexity index is 1600. The number of nitrogens with zero attached hydrogens (tertiary/aromatic N) is 1. The third-order valence-corrected chi connectivity index (χ3v) is 8.42. The van der Waals surface area contributed by atoms with Gasteiger partial charge in [-0.1, -0.05) is 84.9 Å². The second-order valence-electron chi connectivity index (χ2n) is 11.3. The monoisotopic (exact) mass is 503 g/mol. The van der Waals surface area contributed by atoms with E-state index >= 15 is 8.78 Å². The summed E-state index contributed by atoms with van der Waals surface area (Å²) in [6, 6.07) is 39.2. The van der Waals surface area contributed by atoms with Crippen molar-refractivity contribution in [3.63, 3.8) is 0 Å². The summed E-state index contributed by atoms with van der Waals surface area (Å²) in [6.07, 6.45) is 0. The van der Waals surface area contributed by atoms with Gasteiger partial charge in [-0.25, -0.2) is 8.78 Å². The number of alkyl halides is 2. The molecule has 6 rings (SSSR count). The molecule has 0 saturated heterocycles. The fraction of sp³-hybridized carbons (Fsp3) is 0.200. The van der Waals surface area contributed by atoms with Crippen molar-refractivity contribution in [1.82, 2.24) is 0 Å². The number of hydrogen-bond acceptors (Lipinski definition) is 1. The molecule has 1 nitrogen and oxygen atoms in total. The lowest BCUT2D eigenvalue weighted by Gasteiger charge is -2.35. The maximum absolute atomic E-state index is 15.5. The van der Waals surface area contributed by atoms with Crippen LogP contribution in [0, 0.1) is 0 Å². The van der Waals surface area contributed by atoms with Gasteiger partial charge in [-0.2, -0.15) is 0 Å². The summed E-state index contributed by atoms with van der Waals surface area (Å²) in [5, 5.41) is 2.19. The Labute approximate surface area is 223 Å². The second-order valence-corrected chi connectivity index (χ2v) is 11.3. The zero-order chi connectivity index (χ0) is 26.7. The normalized spacial score (nSPS) is 16.8. The lowest BCUT2D eigenvalue weighted by Crippen LogP contribution is -2.46.